The summed E-state index contributed by atoms with van der Waals surface area (Å²) in [4.78, 5) is 0.431. The Bertz CT molecular complexity index is 624. The van der Waals surface area contributed by atoms with Crippen LogP contribution in [-0.4, -0.2) is 28.1 Å². The van der Waals surface area contributed by atoms with E-state index < -0.39 is 18.2 Å². The van der Waals surface area contributed by atoms with Gasteiger partial charge in [0.1, 0.15) is 0 Å². The molecule has 0 unspecified atom stereocenters. The molecule has 0 saturated heterocycles. The number of rotatable bonds is 9. The topological polar surface area (TPSA) is 43.4 Å². The summed E-state index contributed by atoms with van der Waals surface area (Å²) in [6, 6.07) is 12.2. The second kappa shape index (κ2) is 8.36. The minimum atomic E-state index is -3.28. The van der Waals surface area contributed by atoms with Crippen molar-refractivity contribution in [2.24, 2.45) is 5.92 Å². The fourth-order valence-corrected chi connectivity index (χ4v) is 9.20. The van der Waals surface area contributed by atoms with Gasteiger partial charge in [-0.15, -0.1) is 0 Å². The van der Waals surface area contributed by atoms with Crippen LogP contribution in [0.2, 0.25) is 18.1 Å². The Morgan fingerprint density at radius 2 is 1.56 bits per heavy atom. The molecule has 0 amide bonds. The number of hydrogen-bond donors (Lipinski definition) is 0. The highest BCUT2D eigenvalue weighted by Gasteiger charge is 2.47. The molecule has 0 aliphatic heterocycles. The van der Waals surface area contributed by atoms with Crippen molar-refractivity contribution in [1.82, 2.24) is 0 Å². The third-order valence-electron chi connectivity index (χ3n) is 6.27. The molecule has 0 aromatic heterocycles. The van der Waals surface area contributed by atoms with Gasteiger partial charge in [0.05, 0.1) is 16.2 Å². The van der Waals surface area contributed by atoms with Crippen LogP contribution >= 0.6 is 0 Å². The second-order valence-corrected chi connectivity index (χ2v) is 14.3. The van der Waals surface area contributed by atoms with Crippen LogP contribution in [0.5, 0.6) is 0 Å². The second-order valence-electron chi connectivity index (χ2n) is 7.61. The molecule has 0 bridgehead atoms. The summed E-state index contributed by atoms with van der Waals surface area (Å²) in [7, 11) is -5.04. The minimum absolute atomic E-state index is 0.0248. The average Bonchev–Trinajstić information content (AvgIpc) is 3.10. The summed E-state index contributed by atoms with van der Waals surface area (Å²) < 4.78 is 32.7. The van der Waals surface area contributed by atoms with Gasteiger partial charge >= 0.3 is 0 Å². The van der Waals surface area contributed by atoms with Gasteiger partial charge in [-0.25, -0.2) is 8.42 Å². The van der Waals surface area contributed by atoms with Crippen LogP contribution < -0.4 is 0 Å². The third kappa shape index (κ3) is 4.55. The minimum Gasteiger partial charge on any atom is -0.411 e. The summed E-state index contributed by atoms with van der Waals surface area (Å²) in [5.41, 5.74) is -0.240. The standard InChI is InChI=1S/C20H34O3SSi/c1-5-25(6-2,7-3)23-20(15-11-12-16-20)18(4)17-24(21,22)19-13-9-8-10-14-19/h8-10,13-14,18H,5-7,11-12,15-17H2,1-4H3/t18-/m0/s1. The SMILES string of the molecule is CC[Si](CC)(CC)OC1([C@@H](C)CS(=O)(=O)c2ccccc2)CCCC1. The van der Waals surface area contributed by atoms with Crippen molar-refractivity contribution in [2.75, 3.05) is 5.75 Å². The van der Waals surface area contributed by atoms with E-state index in [1.54, 1.807) is 24.3 Å². The molecule has 25 heavy (non-hydrogen) atoms. The molecular formula is C20H34O3SSi. The molecule has 1 fully saturated rings. The highest BCUT2D eigenvalue weighted by molar-refractivity contribution is 7.91. The van der Waals surface area contributed by atoms with Gasteiger partial charge in [-0.3, -0.25) is 0 Å². The summed E-state index contributed by atoms with van der Waals surface area (Å²) in [5.74, 6) is 0.204. The molecule has 2 rings (SSSR count). The van der Waals surface area contributed by atoms with E-state index in [0.29, 0.717) is 4.90 Å². The summed E-state index contributed by atoms with van der Waals surface area (Å²) in [6.45, 7) is 8.82. The molecule has 1 aromatic rings. The first-order valence-corrected chi connectivity index (χ1v) is 14.0. The summed E-state index contributed by atoms with van der Waals surface area (Å²) in [5, 5.41) is 0. The van der Waals surface area contributed by atoms with Crippen molar-refractivity contribution in [1.29, 1.82) is 0 Å². The fourth-order valence-electron chi connectivity index (χ4n) is 4.27. The van der Waals surface area contributed by atoms with Gasteiger partial charge in [0.15, 0.2) is 18.2 Å². The smallest absolute Gasteiger partial charge is 0.192 e. The van der Waals surface area contributed by atoms with Crippen LogP contribution in [0.4, 0.5) is 0 Å². The lowest BCUT2D eigenvalue weighted by atomic mass is 9.89. The van der Waals surface area contributed by atoms with Gasteiger partial charge in [0.2, 0.25) is 0 Å². The maximum Gasteiger partial charge on any atom is 0.192 e. The van der Waals surface area contributed by atoms with Crippen molar-refractivity contribution in [3.8, 4) is 0 Å². The lowest BCUT2D eigenvalue weighted by Crippen LogP contribution is -2.50. The first-order chi connectivity index (χ1) is 11.8. The zero-order valence-corrected chi connectivity index (χ0v) is 18.1. The van der Waals surface area contributed by atoms with Gasteiger partial charge in [-0.05, 0) is 49.0 Å². The predicted molar refractivity (Wildman–Crippen MR) is 107 cm³/mol. The van der Waals surface area contributed by atoms with E-state index in [9.17, 15) is 8.42 Å². The van der Waals surface area contributed by atoms with Crippen LogP contribution in [0.25, 0.3) is 0 Å². The van der Waals surface area contributed by atoms with Crippen LogP contribution in [0.1, 0.15) is 53.4 Å². The van der Waals surface area contributed by atoms with Gasteiger partial charge in [0, 0.05) is 0 Å². The van der Waals surface area contributed by atoms with E-state index in [-0.39, 0.29) is 17.3 Å². The Labute approximate surface area is 155 Å². The Morgan fingerprint density at radius 3 is 2.04 bits per heavy atom. The Hall–Kier alpha value is -0.653. The van der Waals surface area contributed by atoms with Gasteiger partial charge < -0.3 is 4.43 Å². The first-order valence-electron chi connectivity index (χ1n) is 9.81. The monoisotopic (exact) mass is 382 g/mol. The zero-order valence-electron chi connectivity index (χ0n) is 16.3. The van der Waals surface area contributed by atoms with Gasteiger partial charge in [-0.1, -0.05) is 58.7 Å². The summed E-state index contributed by atoms with van der Waals surface area (Å²) in [6.07, 6.45) is 4.31. The highest BCUT2D eigenvalue weighted by atomic mass is 32.2. The maximum absolute atomic E-state index is 12.9. The van der Waals surface area contributed by atoms with Gasteiger partial charge in [0.25, 0.3) is 0 Å². The normalized spacial score (nSPS) is 19.0. The van der Waals surface area contributed by atoms with E-state index in [1.165, 1.54) is 0 Å². The molecule has 0 heterocycles. The molecule has 0 spiro atoms. The third-order valence-corrected chi connectivity index (χ3v) is 12.9. The maximum atomic E-state index is 12.9. The van der Waals surface area contributed by atoms with Gasteiger partial charge in [-0.2, -0.15) is 0 Å². The molecule has 142 valence electrons. The number of sulfone groups is 1. The lowest BCUT2D eigenvalue weighted by Gasteiger charge is -2.44. The Balaban J connectivity index is 2.25. The molecule has 3 nitrogen and oxygen atoms in total. The molecule has 1 aliphatic rings. The molecule has 5 heteroatoms. The van der Waals surface area contributed by atoms with Crippen molar-refractivity contribution < 1.29 is 12.8 Å². The molecular weight excluding hydrogens is 348 g/mol. The molecule has 1 atom stereocenters. The first kappa shape index (κ1) is 20.7. The number of hydrogen-bond acceptors (Lipinski definition) is 3. The van der Waals surface area contributed by atoms with E-state index >= 15 is 0 Å². The Kier molecular flexibility index (Phi) is 6.91. The van der Waals surface area contributed by atoms with Crippen molar-refractivity contribution >= 4 is 18.2 Å². The van der Waals surface area contributed by atoms with E-state index in [2.05, 4.69) is 27.7 Å². The Morgan fingerprint density at radius 1 is 1.04 bits per heavy atom. The molecule has 0 radical (unpaired) electrons. The molecule has 0 N–H and O–H groups in total. The zero-order chi connectivity index (χ0) is 18.6. The van der Waals surface area contributed by atoms with Crippen LogP contribution in [-0.2, 0) is 14.3 Å². The average molecular weight is 383 g/mol. The number of benzene rings is 1. The van der Waals surface area contributed by atoms with Crippen LogP contribution in [0, 0.1) is 5.92 Å². The largest absolute Gasteiger partial charge is 0.411 e. The van der Waals surface area contributed by atoms with E-state index in [4.69, 9.17) is 4.43 Å². The van der Waals surface area contributed by atoms with Crippen LogP contribution in [0.3, 0.4) is 0 Å². The van der Waals surface area contributed by atoms with E-state index in [1.807, 2.05) is 6.07 Å². The predicted octanol–water partition coefficient (Wildman–Crippen LogP) is 5.43. The fraction of sp³-hybridized carbons (Fsp3) is 0.700. The quantitative estimate of drug-likeness (QED) is 0.535. The lowest BCUT2D eigenvalue weighted by molar-refractivity contribution is 0.0183. The highest BCUT2D eigenvalue weighted by Crippen LogP contribution is 2.44. The van der Waals surface area contributed by atoms with Crippen molar-refractivity contribution in [3.05, 3.63) is 30.3 Å². The molecule has 1 saturated carbocycles. The van der Waals surface area contributed by atoms with Crippen molar-refractivity contribution in [2.45, 2.75) is 82.0 Å². The van der Waals surface area contributed by atoms with E-state index in [0.717, 1.165) is 43.8 Å². The molecule has 1 aromatic carbocycles. The van der Waals surface area contributed by atoms with Crippen molar-refractivity contribution in [3.63, 3.8) is 0 Å². The molecule has 1 aliphatic carbocycles. The summed E-state index contributed by atoms with van der Waals surface area (Å²) >= 11 is 0. The van der Waals surface area contributed by atoms with Crippen LogP contribution in [0.15, 0.2) is 35.2 Å².